The third-order valence-electron chi connectivity index (χ3n) is 4.41. The molecule has 6 heteroatoms. The summed E-state index contributed by atoms with van der Waals surface area (Å²) in [5.74, 6) is 0.397. The molecular formula is C19H21BrN2O2S. The lowest BCUT2D eigenvalue weighted by Crippen LogP contribution is -2.19. The van der Waals surface area contributed by atoms with E-state index in [0.717, 1.165) is 35.0 Å². The lowest BCUT2D eigenvalue weighted by Gasteiger charge is -2.18. The molecule has 1 unspecified atom stereocenters. The van der Waals surface area contributed by atoms with Crippen molar-refractivity contribution in [3.05, 3.63) is 44.7 Å². The number of fused-ring (bicyclic) bond motifs is 1. The second-order valence-electron chi connectivity index (χ2n) is 6.42. The summed E-state index contributed by atoms with van der Waals surface area (Å²) in [4.78, 5) is 26.1. The summed E-state index contributed by atoms with van der Waals surface area (Å²) in [5, 5.41) is 6.56. The monoisotopic (exact) mass is 420 g/mol. The zero-order valence-corrected chi connectivity index (χ0v) is 16.7. The molecule has 0 bridgehead atoms. The quantitative estimate of drug-likeness (QED) is 0.710. The second kappa shape index (κ2) is 7.70. The molecule has 132 valence electrons. The molecule has 1 aliphatic carbocycles. The molecule has 0 aliphatic heterocycles. The first kappa shape index (κ1) is 18.1. The van der Waals surface area contributed by atoms with Crippen LogP contribution in [0, 0.1) is 5.92 Å². The highest BCUT2D eigenvalue weighted by molar-refractivity contribution is 9.10. The van der Waals surface area contributed by atoms with Gasteiger partial charge in [0.1, 0.15) is 5.00 Å². The third-order valence-corrected chi connectivity index (χ3v) is 6.11. The van der Waals surface area contributed by atoms with Crippen molar-refractivity contribution in [3.63, 3.8) is 0 Å². The van der Waals surface area contributed by atoms with E-state index in [-0.39, 0.29) is 11.8 Å². The van der Waals surface area contributed by atoms with Crippen molar-refractivity contribution in [1.82, 2.24) is 0 Å². The van der Waals surface area contributed by atoms with Crippen LogP contribution in [0.5, 0.6) is 0 Å². The topological polar surface area (TPSA) is 58.2 Å². The van der Waals surface area contributed by atoms with E-state index >= 15 is 0 Å². The second-order valence-corrected chi connectivity index (χ2v) is 8.44. The van der Waals surface area contributed by atoms with E-state index in [9.17, 15) is 9.59 Å². The number of rotatable bonds is 4. The van der Waals surface area contributed by atoms with Crippen molar-refractivity contribution in [2.24, 2.45) is 5.92 Å². The number of benzene rings is 1. The number of halogens is 1. The van der Waals surface area contributed by atoms with E-state index in [1.807, 2.05) is 31.2 Å². The largest absolute Gasteiger partial charge is 0.322 e. The fourth-order valence-corrected chi connectivity index (χ4v) is 4.71. The molecule has 4 nitrogen and oxygen atoms in total. The average Bonchev–Trinajstić information content (AvgIpc) is 2.93. The number of anilines is 2. The normalized spacial score (nSPS) is 16.2. The summed E-state index contributed by atoms with van der Waals surface area (Å²) in [5.41, 5.74) is 2.48. The van der Waals surface area contributed by atoms with Crippen molar-refractivity contribution < 1.29 is 9.59 Å². The molecule has 0 spiro atoms. The van der Waals surface area contributed by atoms with Crippen LogP contribution in [0.4, 0.5) is 10.7 Å². The van der Waals surface area contributed by atoms with Crippen molar-refractivity contribution >= 4 is 49.8 Å². The number of nitrogens with one attached hydrogen (secondary N) is 2. The molecule has 1 atom stereocenters. The molecule has 1 aromatic carbocycles. The van der Waals surface area contributed by atoms with Gasteiger partial charge in [0.05, 0.1) is 5.56 Å². The predicted molar refractivity (Wildman–Crippen MR) is 107 cm³/mol. The Labute approximate surface area is 160 Å². The van der Waals surface area contributed by atoms with Gasteiger partial charge in [0.25, 0.3) is 5.91 Å². The van der Waals surface area contributed by atoms with Gasteiger partial charge in [-0.1, -0.05) is 29.8 Å². The van der Waals surface area contributed by atoms with Crippen LogP contribution in [-0.4, -0.2) is 11.8 Å². The molecule has 0 saturated heterocycles. The van der Waals surface area contributed by atoms with Crippen molar-refractivity contribution in [3.8, 4) is 0 Å². The summed E-state index contributed by atoms with van der Waals surface area (Å²) >= 11 is 4.94. The van der Waals surface area contributed by atoms with Gasteiger partial charge < -0.3 is 10.6 Å². The van der Waals surface area contributed by atoms with Gasteiger partial charge in [-0.25, -0.2) is 0 Å². The van der Waals surface area contributed by atoms with E-state index in [4.69, 9.17) is 0 Å². The lowest BCUT2D eigenvalue weighted by atomic mass is 9.88. The molecular weight excluding hydrogens is 400 g/mol. The minimum Gasteiger partial charge on any atom is -0.322 e. The van der Waals surface area contributed by atoms with E-state index in [1.54, 1.807) is 11.3 Å². The molecule has 0 radical (unpaired) electrons. The highest BCUT2D eigenvalue weighted by atomic mass is 79.9. The molecule has 0 fully saturated rings. The van der Waals surface area contributed by atoms with Gasteiger partial charge in [-0.15, -0.1) is 11.3 Å². The van der Waals surface area contributed by atoms with Crippen LogP contribution in [-0.2, 0) is 17.6 Å². The van der Waals surface area contributed by atoms with E-state index in [0.29, 0.717) is 22.9 Å². The number of carbonyl (C=O) groups is 2. The fraction of sp³-hybridized carbons (Fsp3) is 0.368. The summed E-state index contributed by atoms with van der Waals surface area (Å²) in [6.07, 6.45) is 3.33. The van der Waals surface area contributed by atoms with Crippen molar-refractivity contribution in [2.45, 2.75) is 39.5 Å². The molecule has 2 amide bonds. The highest BCUT2D eigenvalue weighted by Crippen LogP contribution is 2.40. The van der Waals surface area contributed by atoms with Gasteiger partial charge in [0, 0.05) is 21.5 Å². The molecule has 3 rings (SSSR count). The predicted octanol–water partition coefficient (Wildman–Crippen LogP) is 5.24. The minimum absolute atomic E-state index is 0.0654. The SMILES string of the molecule is CCC(=O)Nc1sc2c(c1C(=O)Nc1ccc(Br)cc1)CCC(C)C2. The minimum atomic E-state index is -0.152. The summed E-state index contributed by atoms with van der Waals surface area (Å²) in [6.45, 7) is 4.04. The van der Waals surface area contributed by atoms with Gasteiger partial charge in [-0.05, 0) is 55.0 Å². The van der Waals surface area contributed by atoms with Gasteiger partial charge in [-0.3, -0.25) is 9.59 Å². The maximum atomic E-state index is 12.9. The Morgan fingerprint density at radius 2 is 1.96 bits per heavy atom. The van der Waals surface area contributed by atoms with Crippen molar-refractivity contribution in [2.75, 3.05) is 10.6 Å². The Kier molecular flexibility index (Phi) is 5.59. The average molecular weight is 421 g/mol. The molecule has 1 aliphatic rings. The van der Waals surface area contributed by atoms with Crippen LogP contribution in [0.2, 0.25) is 0 Å². The zero-order valence-electron chi connectivity index (χ0n) is 14.3. The molecule has 25 heavy (non-hydrogen) atoms. The number of hydrogen-bond acceptors (Lipinski definition) is 3. The highest BCUT2D eigenvalue weighted by Gasteiger charge is 2.28. The Balaban J connectivity index is 1.93. The molecule has 1 aromatic heterocycles. The first-order chi connectivity index (χ1) is 12.0. The lowest BCUT2D eigenvalue weighted by molar-refractivity contribution is -0.115. The Morgan fingerprint density at radius 3 is 2.64 bits per heavy atom. The van der Waals surface area contributed by atoms with E-state index in [2.05, 4.69) is 33.5 Å². The fourth-order valence-electron chi connectivity index (χ4n) is 3.02. The zero-order chi connectivity index (χ0) is 18.0. The molecule has 2 aromatic rings. The van der Waals surface area contributed by atoms with Crippen molar-refractivity contribution in [1.29, 1.82) is 0 Å². The first-order valence-corrected chi connectivity index (χ1v) is 10.1. The van der Waals surface area contributed by atoms with Gasteiger partial charge in [0.15, 0.2) is 0 Å². The van der Waals surface area contributed by atoms with Crippen LogP contribution in [0.25, 0.3) is 0 Å². The maximum Gasteiger partial charge on any atom is 0.258 e. The first-order valence-electron chi connectivity index (χ1n) is 8.49. The third kappa shape index (κ3) is 4.12. The Bertz CT molecular complexity index is 799. The summed E-state index contributed by atoms with van der Waals surface area (Å²) in [7, 11) is 0. The van der Waals surface area contributed by atoms with Crippen LogP contribution in [0.3, 0.4) is 0 Å². The smallest absolute Gasteiger partial charge is 0.258 e. The Morgan fingerprint density at radius 1 is 1.24 bits per heavy atom. The number of thiophene rings is 1. The molecule has 0 saturated carbocycles. The van der Waals surface area contributed by atoms with Crippen LogP contribution in [0.15, 0.2) is 28.7 Å². The standard InChI is InChI=1S/C19H21BrN2O2S/c1-3-16(23)22-19-17(14-9-4-11(2)10-15(14)25-19)18(24)21-13-7-5-12(20)6-8-13/h5-8,11H,3-4,9-10H2,1-2H3,(H,21,24)(H,22,23). The summed E-state index contributed by atoms with van der Waals surface area (Å²) < 4.78 is 0.961. The Hall–Kier alpha value is -1.66. The van der Waals surface area contributed by atoms with Crippen LogP contribution in [0.1, 0.15) is 47.5 Å². The number of amides is 2. The summed E-state index contributed by atoms with van der Waals surface area (Å²) in [6, 6.07) is 7.49. The van der Waals surface area contributed by atoms with Gasteiger partial charge in [0.2, 0.25) is 5.91 Å². The maximum absolute atomic E-state index is 12.9. The van der Waals surface area contributed by atoms with Gasteiger partial charge in [-0.2, -0.15) is 0 Å². The molecule has 1 heterocycles. The number of carbonyl (C=O) groups excluding carboxylic acids is 2. The van der Waals surface area contributed by atoms with E-state index < -0.39 is 0 Å². The number of hydrogen-bond donors (Lipinski definition) is 2. The van der Waals surface area contributed by atoms with Crippen LogP contribution >= 0.6 is 27.3 Å². The van der Waals surface area contributed by atoms with Crippen LogP contribution < -0.4 is 10.6 Å². The molecule has 2 N–H and O–H groups in total. The van der Waals surface area contributed by atoms with E-state index in [1.165, 1.54) is 4.88 Å². The van der Waals surface area contributed by atoms with Gasteiger partial charge >= 0.3 is 0 Å².